The van der Waals surface area contributed by atoms with Crippen LogP contribution in [0.4, 0.5) is 0 Å². The molecule has 1 N–H and O–H groups in total. The Bertz CT molecular complexity index is 1240. The van der Waals surface area contributed by atoms with Crippen molar-refractivity contribution in [2.24, 2.45) is 0 Å². The van der Waals surface area contributed by atoms with Gasteiger partial charge in [-0.05, 0) is 42.3 Å². The molecule has 0 aliphatic carbocycles. The number of thioether (sulfide) groups is 1. The molecule has 0 radical (unpaired) electrons. The number of aromatic amines is 1. The van der Waals surface area contributed by atoms with Crippen LogP contribution in [0.15, 0.2) is 56.9 Å². The van der Waals surface area contributed by atoms with E-state index in [0.717, 1.165) is 26.9 Å². The Balaban J connectivity index is 1.73. The molecular weight excluding hydrogens is 483 g/mol. The highest BCUT2D eigenvalue weighted by Crippen LogP contribution is 2.30. The first kappa shape index (κ1) is 19.5. The molecule has 2 heterocycles. The zero-order valence-corrected chi connectivity index (χ0v) is 18.5. The minimum Gasteiger partial charge on any atom is -0.285 e. The highest BCUT2D eigenvalue weighted by atomic mass is 79.9. The van der Waals surface area contributed by atoms with Crippen LogP contribution in [0.1, 0.15) is 11.3 Å². The molecule has 0 amide bonds. The average molecular weight is 496 g/mol. The van der Waals surface area contributed by atoms with Gasteiger partial charge in [0.1, 0.15) is 0 Å². The van der Waals surface area contributed by atoms with Gasteiger partial charge in [-0.1, -0.05) is 69.1 Å². The molecule has 5 nitrogen and oxygen atoms in total. The summed E-state index contributed by atoms with van der Waals surface area (Å²) < 4.78 is 2.28. The van der Waals surface area contributed by atoms with Gasteiger partial charge in [-0.15, -0.1) is 0 Å². The van der Waals surface area contributed by atoms with Crippen LogP contribution in [0.5, 0.6) is 0 Å². The zero-order chi connectivity index (χ0) is 19.8. The summed E-state index contributed by atoms with van der Waals surface area (Å²) in [5.74, 6) is 0.551. The standard InChI is InChI=1S/C19H13BrCl2N4OS/c1-10-16(11-2-5-13(20)6-3-11)17-23-18(24-19(27)26(17)25-10)28-9-12-4-7-14(21)8-15(12)22/h2-8H,9H2,1H3,(H,23,24,27). The van der Waals surface area contributed by atoms with E-state index in [1.807, 2.05) is 37.3 Å². The Labute approximate surface area is 183 Å². The summed E-state index contributed by atoms with van der Waals surface area (Å²) in [7, 11) is 0. The SMILES string of the molecule is Cc1nn2c(=O)[nH]c(SCc3ccc(Cl)cc3Cl)nc2c1-c1ccc(Br)cc1. The minimum atomic E-state index is -0.332. The Morgan fingerprint density at radius 1 is 1.18 bits per heavy atom. The molecule has 28 heavy (non-hydrogen) atoms. The molecule has 0 aliphatic rings. The number of hydrogen-bond donors (Lipinski definition) is 1. The third-order valence-electron chi connectivity index (χ3n) is 4.16. The summed E-state index contributed by atoms with van der Waals surface area (Å²) >= 11 is 17.0. The van der Waals surface area contributed by atoms with E-state index >= 15 is 0 Å². The molecule has 9 heteroatoms. The number of nitrogens with one attached hydrogen (secondary N) is 1. The second-order valence-electron chi connectivity index (χ2n) is 6.07. The number of halogens is 3. The number of fused-ring (bicyclic) bond motifs is 1. The predicted octanol–water partition coefficient (Wildman–Crippen LogP) is 5.75. The maximum Gasteiger partial charge on any atom is 0.350 e. The third-order valence-corrected chi connectivity index (χ3v) is 6.20. The summed E-state index contributed by atoms with van der Waals surface area (Å²) in [6, 6.07) is 13.2. The Hall–Kier alpha value is -1.80. The second kappa shape index (κ2) is 7.91. The number of H-pyrrole nitrogens is 1. The lowest BCUT2D eigenvalue weighted by Gasteiger charge is -2.05. The molecule has 0 fully saturated rings. The molecule has 0 spiro atoms. The largest absolute Gasteiger partial charge is 0.350 e. The number of nitrogens with zero attached hydrogens (tertiary/aromatic N) is 3. The van der Waals surface area contributed by atoms with Crippen molar-refractivity contribution in [1.29, 1.82) is 0 Å². The van der Waals surface area contributed by atoms with E-state index in [2.05, 4.69) is 31.0 Å². The number of aryl methyl sites for hydroxylation is 1. The van der Waals surface area contributed by atoms with Gasteiger partial charge in [0.2, 0.25) is 0 Å². The lowest BCUT2D eigenvalue weighted by Crippen LogP contribution is -2.19. The quantitative estimate of drug-likeness (QED) is 0.366. The van der Waals surface area contributed by atoms with Crippen LogP contribution in [0.2, 0.25) is 10.0 Å². The van der Waals surface area contributed by atoms with Crippen LogP contribution in [0.25, 0.3) is 16.8 Å². The fraction of sp³-hybridized carbons (Fsp3) is 0.105. The van der Waals surface area contributed by atoms with Gasteiger partial charge >= 0.3 is 5.69 Å². The van der Waals surface area contributed by atoms with Crippen LogP contribution < -0.4 is 5.69 Å². The van der Waals surface area contributed by atoms with E-state index in [9.17, 15) is 4.79 Å². The van der Waals surface area contributed by atoms with Crippen LogP contribution in [-0.2, 0) is 5.75 Å². The second-order valence-corrected chi connectivity index (χ2v) is 8.80. The van der Waals surface area contributed by atoms with Gasteiger partial charge in [0.15, 0.2) is 10.8 Å². The number of aromatic nitrogens is 4. The van der Waals surface area contributed by atoms with Gasteiger partial charge in [-0.25, -0.2) is 9.78 Å². The highest BCUT2D eigenvalue weighted by Gasteiger charge is 2.16. The fourth-order valence-electron chi connectivity index (χ4n) is 2.84. The van der Waals surface area contributed by atoms with E-state index < -0.39 is 0 Å². The van der Waals surface area contributed by atoms with Gasteiger partial charge < -0.3 is 0 Å². The lowest BCUT2D eigenvalue weighted by molar-refractivity contribution is 0.780. The molecule has 4 rings (SSSR count). The molecule has 0 saturated carbocycles. The van der Waals surface area contributed by atoms with Gasteiger partial charge in [0.25, 0.3) is 0 Å². The van der Waals surface area contributed by atoms with E-state index in [1.165, 1.54) is 16.3 Å². The van der Waals surface area contributed by atoms with Crippen molar-refractivity contribution in [2.45, 2.75) is 17.8 Å². The van der Waals surface area contributed by atoms with E-state index in [0.29, 0.717) is 26.6 Å². The molecule has 0 atom stereocenters. The molecular formula is C19H13BrCl2N4OS. The average Bonchev–Trinajstić information content (AvgIpc) is 2.98. The highest BCUT2D eigenvalue weighted by molar-refractivity contribution is 9.10. The topological polar surface area (TPSA) is 63.1 Å². The monoisotopic (exact) mass is 494 g/mol. The molecule has 2 aromatic heterocycles. The number of benzene rings is 2. The number of hydrogen-bond acceptors (Lipinski definition) is 4. The Kier molecular flexibility index (Phi) is 5.51. The van der Waals surface area contributed by atoms with E-state index in [1.54, 1.807) is 12.1 Å². The molecule has 0 saturated heterocycles. The van der Waals surface area contributed by atoms with Crippen LogP contribution in [-0.4, -0.2) is 19.6 Å². The van der Waals surface area contributed by atoms with Crippen molar-refractivity contribution in [1.82, 2.24) is 19.6 Å². The summed E-state index contributed by atoms with van der Waals surface area (Å²) in [6.45, 7) is 1.87. The lowest BCUT2D eigenvalue weighted by atomic mass is 10.1. The molecule has 0 unspecified atom stereocenters. The first-order chi connectivity index (χ1) is 13.4. The Morgan fingerprint density at radius 3 is 2.64 bits per heavy atom. The molecule has 4 aromatic rings. The van der Waals surface area contributed by atoms with Crippen LogP contribution in [0.3, 0.4) is 0 Å². The van der Waals surface area contributed by atoms with Crippen LogP contribution in [0, 0.1) is 6.92 Å². The van der Waals surface area contributed by atoms with E-state index in [-0.39, 0.29) is 5.69 Å². The van der Waals surface area contributed by atoms with Gasteiger partial charge in [0.05, 0.1) is 5.69 Å². The summed E-state index contributed by atoms with van der Waals surface area (Å²) in [5.41, 5.74) is 3.63. The maximum absolute atomic E-state index is 12.5. The van der Waals surface area contributed by atoms with Crippen molar-refractivity contribution >= 4 is 56.5 Å². The molecule has 0 aliphatic heterocycles. The van der Waals surface area contributed by atoms with Crippen molar-refractivity contribution < 1.29 is 0 Å². The van der Waals surface area contributed by atoms with Crippen molar-refractivity contribution in [3.63, 3.8) is 0 Å². The summed E-state index contributed by atoms with van der Waals surface area (Å²) in [4.78, 5) is 19.9. The van der Waals surface area contributed by atoms with Crippen molar-refractivity contribution in [2.75, 3.05) is 0 Å². The van der Waals surface area contributed by atoms with Gasteiger partial charge in [-0.2, -0.15) is 9.61 Å². The minimum absolute atomic E-state index is 0.332. The predicted molar refractivity (Wildman–Crippen MR) is 118 cm³/mol. The maximum atomic E-state index is 12.5. The number of rotatable bonds is 4. The van der Waals surface area contributed by atoms with Crippen molar-refractivity contribution in [3.05, 3.63) is 78.7 Å². The molecule has 2 aromatic carbocycles. The fourth-order valence-corrected chi connectivity index (χ4v) is 4.51. The first-order valence-corrected chi connectivity index (χ1v) is 10.8. The first-order valence-electron chi connectivity index (χ1n) is 8.24. The third kappa shape index (κ3) is 3.85. The molecule has 0 bridgehead atoms. The summed E-state index contributed by atoms with van der Waals surface area (Å²) in [6.07, 6.45) is 0. The smallest absolute Gasteiger partial charge is 0.285 e. The van der Waals surface area contributed by atoms with Gasteiger partial charge in [-0.3, -0.25) is 4.98 Å². The molecule has 142 valence electrons. The normalized spacial score (nSPS) is 11.3. The van der Waals surface area contributed by atoms with Crippen LogP contribution >= 0.6 is 50.9 Å². The van der Waals surface area contributed by atoms with Gasteiger partial charge in [0, 0.05) is 25.8 Å². The zero-order valence-electron chi connectivity index (χ0n) is 14.5. The van der Waals surface area contributed by atoms with E-state index in [4.69, 9.17) is 23.2 Å². The summed E-state index contributed by atoms with van der Waals surface area (Å²) in [5, 5.41) is 6.02. The van der Waals surface area contributed by atoms with Crippen molar-refractivity contribution in [3.8, 4) is 11.1 Å². The Morgan fingerprint density at radius 2 is 1.93 bits per heavy atom.